The summed E-state index contributed by atoms with van der Waals surface area (Å²) in [7, 11) is 8.09. The molecule has 20 rings (SSSR count). The highest BCUT2D eigenvalue weighted by Gasteiger charge is 2.46. The summed E-state index contributed by atoms with van der Waals surface area (Å²) >= 11 is 6.99. The predicted molar refractivity (Wildman–Crippen MR) is 521 cm³/mol. The van der Waals surface area contributed by atoms with Crippen molar-refractivity contribution >= 4 is 69.8 Å². The lowest BCUT2D eigenvalue weighted by Gasteiger charge is -2.33. The number of pyridine rings is 1. The van der Waals surface area contributed by atoms with Crippen LogP contribution in [0.2, 0.25) is 0 Å². The molecule has 6 unspecified atom stereocenters. The number of hydrogen-bond donors (Lipinski definition) is 0. The molecule has 22 nitrogen and oxygen atoms in total. The van der Waals surface area contributed by atoms with E-state index in [4.69, 9.17) is 0 Å². The molecule has 36 heteroatoms. The minimum atomic E-state index is -4.29. The smallest absolute Gasteiger partial charge is 0.375 e. The van der Waals surface area contributed by atoms with Gasteiger partial charge in [-0.15, -0.1) is 40.8 Å². The number of nitrogens with zero attached hydrogens (tertiary/aromatic N) is 22. The largest absolute Gasteiger partial charge is 0.416 e. The van der Waals surface area contributed by atoms with Gasteiger partial charge in [0.15, 0.2) is 38.1 Å². The van der Waals surface area contributed by atoms with E-state index in [0.717, 1.165) is 287 Å². The summed E-state index contributed by atoms with van der Waals surface area (Å²) in [6, 6.07) is 51.6. The molecule has 5 aromatic heterocycles. The van der Waals surface area contributed by atoms with Gasteiger partial charge in [0, 0.05) is 219 Å². The second-order valence-corrected chi connectivity index (χ2v) is 41.4. The third kappa shape index (κ3) is 23.7. The maximum Gasteiger partial charge on any atom is 0.416 e. The van der Waals surface area contributed by atoms with Gasteiger partial charge in [-0.05, 0) is 230 Å². The van der Waals surface area contributed by atoms with E-state index in [9.17, 15) is 43.9 Å². The van der Waals surface area contributed by atoms with E-state index in [-0.39, 0.29) is 5.82 Å². The van der Waals surface area contributed by atoms with Crippen LogP contribution in [0.3, 0.4) is 0 Å². The fraction of sp³-hybridized carbons (Fsp3) is 0.490. The van der Waals surface area contributed by atoms with Crippen LogP contribution >= 0.6 is 47.0 Å². The number of aromatic nitrogens is 13. The van der Waals surface area contributed by atoms with Gasteiger partial charge in [0.1, 0.15) is 17.3 Å². The highest BCUT2D eigenvalue weighted by molar-refractivity contribution is 7.99. The summed E-state index contributed by atoms with van der Waals surface area (Å²) in [5, 5.41) is 38.9. The fourth-order valence-corrected chi connectivity index (χ4v) is 24.6. The van der Waals surface area contributed by atoms with Crippen LogP contribution in [0.5, 0.6) is 0 Å². The average molecular weight is 1950 g/mol. The molecule has 9 saturated heterocycles. The number of hydrogen-bond acceptors (Lipinski definition) is 22. The second-order valence-electron chi connectivity index (χ2n) is 37.1. The van der Waals surface area contributed by atoms with Crippen molar-refractivity contribution in [2.75, 3.05) is 160 Å². The highest BCUT2D eigenvalue weighted by atomic mass is 32.2. The van der Waals surface area contributed by atoms with Gasteiger partial charge in [-0.2, -0.15) is 39.5 Å². The second kappa shape index (κ2) is 44.2. The first-order valence-corrected chi connectivity index (χ1v) is 51.4. The molecule has 0 aliphatic carbocycles. The van der Waals surface area contributed by atoms with Crippen molar-refractivity contribution in [3.05, 3.63) is 223 Å². The number of anilines is 4. The molecule has 0 spiro atoms. The SMILES string of the molecule is C=C(C)N1CCC(c2nnc(SCCCN3CC4CCN(c5ccc(C(F)(F)F)cc5)C4C3)n2C)CC1.Cn1c(SCCCN2CC3CCN(c4ccc(C(F)(F)F)cc4)C3C2)nnc1-c1ccccc1.Cn1c(SCCCN2CC3CCN(c4ccc(F)cc4)C3C2)nnc1-c1ccccn1.Cn1c(SCCCN2C[C@@H]3CCN(c4ccc(C(F)(F)F)cc4)[C@@H]3C2)nnc1-c1ccccc1. The van der Waals surface area contributed by atoms with Gasteiger partial charge < -0.3 is 62.4 Å². The first kappa shape index (κ1) is 97.9. The van der Waals surface area contributed by atoms with Crippen LogP contribution in [-0.2, 0) is 46.7 Å². The van der Waals surface area contributed by atoms with Crippen molar-refractivity contribution in [3.63, 3.8) is 0 Å². The zero-order valence-electron chi connectivity index (χ0n) is 77.6. The van der Waals surface area contributed by atoms with E-state index < -0.39 is 35.2 Å². The van der Waals surface area contributed by atoms with E-state index in [1.807, 2.05) is 126 Å². The average Bonchev–Trinajstić information content (AvgIpc) is 1.66. The number of rotatable bonds is 29. The van der Waals surface area contributed by atoms with Crippen LogP contribution in [0.25, 0.3) is 34.3 Å². The number of piperidine rings is 1. The number of alkyl halides is 9. The van der Waals surface area contributed by atoms with Gasteiger partial charge in [0.25, 0.3) is 0 Å². The summed E-state index contributed by atoms with van der Waals surface area (Å²) < 4.78 is 138. The molecule has 0 bridgehead atoms. The normalized spacial score (nSPS) is 21.5. The molecule has 0 radical (unpaired) electrons. The molecule has 0 amide bonds. The molecular formula is C100H120F10N22S4. The Hall–Kier alpha value is -9.69. The van der Waals surface area contributed by atoms with Crippen LogP contribution in [0, 0.1) is 29.5 Å². The Morgan fingerprint density at radius 1 is 0.346 bits per heavy atom. The van der Waals surface area contributed by atoms with Crippen LogP contribution in [0.4, 0.5) is 66.7 Å². The molecule has 0 saturated carbocycles. The molecule has 9 aliphatic rings. The Morgan fingerprint density at radius 3 is 0.978 bits per heavy atom. The Kier molecular flexibility index (Phi) is 31.8. The maximum absolute atomic E-state index is 13.3. The van der Waals surface area contributed by atoms with Gasteiger partial charge in [-0.3, -0.25) is 4.98 Å². The highest BCUT2D eigenvalue weighted by Crippen LogP contribution is 2.44. The molecule has 14 heterocycles. The molecule has 8 atom stereocenters. The maximum atomic E-state index is 13.3. The van der Waals surface area contributed by atoms with Crippen molar-refractivity contribution < 1.29 is 43.9 Å². The molecule has 0 N–H and O–H groups in total. The van der Waals surface area contributed by atoms with Gasteiger partial charge in [0.2, 0.25) is 0 Å². The summed E-state index contributed by atoms with van der Waals surface area (Å²) in [5.41, 5.74) is 6.20. The van der Waals surface area contributed by atoms with Crippen molar-refractivity contribution in [2.45, 2.75) is 140 Å². The van der Waals surface area contributed by atoms with Crippen LogP contribution in [0.1, 0.15) is 99.6 Å². The van der Waals surface area contributed by atoms with Gasteiger partial charge in [-0.1, -0.05) is 120 Å². The lowest BCUT2D eigenvalue weighted by atomic mass is 9.96. The first-order chi connectivity index (χ1) is 65.7. The monoisotopic (exact) mass is 1950 g/mol. The molecule has 724 valence electrons. The van der Waals surface area contributed by atoms with E-state index in [1.54, 1.807) is 102 Å². The molecular weight excluding hydrogens is 1830 g/mol. The van der Waals surface area contributed by atoms with Crippen LogP contribution in [0.15, 0.2) is 215 Å². The number of benzene rings is 6. The number of halogens is 10. The molecule has 6 aromatic carbocycles. The fourth-order valence-electron chi connectivity index (χ4n) is 21.2. The Morgan fingerprint density at radius 2 is 0.654 bits per heavy atom. The lowest BCUT2D eigenvalue weighted by molar-refractivity contribution is -0.138. The summed E-state index contributed by atoms with van der Waals surface area (Å²) in [6.45, 7) is 24.6. The third-order valence-electron chi connectivity index (χ3n) is 28.4. The molecule has 11 aromatic rings. The molecule has 136 heavy (non-hydrogen) atoms. The number of likely N-dealkylation sites (tertiary alicyclic amines) is 5. The van der Waals surface area contributed by atoms with Crippen LogP contribution in [-0.4, -0.2) is 254 Å². The zero-order chi connectivity index (χ0) is 94.8. The topological polar surface area (TPSA) is 165 Å². The van der Waals surface area contributed by atoms with E-state index >= 15 is 0 Å². The van der Waals surface area contributed by atoms with Crippen molar-refractivity contribution in [3.8, 4) is 34.3 Å². The minimum Gasteiger partial charge on any atom is -0.375 e. The lowest BCUT2D eigenvalue weighted by Crippen LogP contribution is -2.35. The quantitative estimate of drug-likeness (QED) is 0.0247. The van der Waals surface area contributed by atoms with Crippen molar-refractivity contribution in [1.82, 2.24) is 88.5 Å². The van der Waals surface area contributed by atoms with Crippen molar-refractivity contribution in [2.24, 2.45) is 51.9 Å². The Labute approximate surface area is 806 Å². The number of thioether (sulfide) groups is 4. The van der Waals surface area contributed by atoms with E-state index in [0.29, 0.717) is 47.8 Å². The summed E-state index contributed by atoms with van der Waals surface area (Å²) in [6.07, 6.45) is -0.101. The van der Waals surface area contributed by atoms with Gasteiger partial charge >= 0.3 is 18.5 Å². The molecule has 9 fully saturated rings. The number of fused-ring (bicyclic) bond motifs is 4. The predicted octanol–water partition coefficient (Wildman–Crippen LogP) is 19.3. The third-order valence-corrected chi connectivity index (χ3v) is 32.8. The number of allylic oxidation sites excluding steroid dienone is 1. The van der Waals surface area contributed by atoms with E-state index in [2.05, 4.69) is 115 Å². The van der Waals surface area contributed by atoms with Crippen molar-refractivity contribution in [1.29, 1.82) is 0 Å². The zero-order valence-corrected chi connectivity index (χ0v) is 80.9. The van der Waals surface area contributed by atoms with Gasteiger partial charge in [0.05, 0.1) is 16.7 Å². The van der Waals surface area contributed by atoms with Crippen LogP contribution < -0.4 is 19.6 Å². The Bertz CT molecular complexity index is 5490. The first-order valence-electron chi connectivity index (χ1n) is 47.4. The molecule has 9 aliphatic heterocycles. The summed E-state index contributed by atoms with van der Waals surface area (Å²) in [4.78, 5) is 26.2. The van der Waals surface area contributed by atoms with E-state index in [1.165, 1.54) is 49.4 Å². The Balaban J connectivity index is 0.000000126. The standard InChI is InChI=1S/C27H37F3N6S.2C25H28F3N5S.C23H27FN6S/c1-19(2)35-13-9-20(10-14-35)25-31-32-26(33(25)3)37-16-4-12-34-17-21-11-15-36(24(21)18-34)23-7-5-22(6-8-23)27(28,29)30;2*1-31-23(18-6-3-2-4-7-18)29-30-24(31)34-15-5-13-32-16-19-12-14-33(22(19)17-32)21-10-8-20(9-11-21)25(26,27)28;1-28-22(20-5-2-3-11-25-20)26-27-23(28)31-14-4-12-29-15-17-10-13-30(21(17)16-29)19-8-6-18(24)7-9-19/h5-8,20-21,24H,1,4,9-18H2,2-3H3;2*2-4,6-11,19,22H,5,12-17H2,1H3;2-3,5-9,11,17,21H,4,10,12-16H2,1H3/t;19-,22+;;/m.0../s1. The van der Waals surface area contributed by atoms with Gasteiger partial charge in [-0.25, -0.2) is 4.39 Å². The minimum absolute atomic E-state index is 0.167. The summed E-state index contributed by atoms with van der Waals surface area (Å²) in [5.74, 6) is 10.4.